The molecule has 0 unspecified atom stereocenters. The maximum atomic E-state index is 12.5. The summed E-state index contributed by atoms with van der Waals surface area (Å²) in [6, 6.07) is 8.70. The second-order valence-electron chi connectivity index (χ2n) is 5.40. The molecule has 2 heterocycles. The molecule has 8 heteroatoms. The Bertz CT molecular complexity index is 1040. The topological polar surface area (TPSA) is 84.0 Å². The number of nitrogens with one attached hydrogen (secondary N) is 2. The summed E-state index contributed by atoms with van der Waals surface area (Å²) < 4.78 is 1.00. The van der Waals surface area contributed by atoms with Crippen LogP contribution >= 0.6 is 22.9 Å². The molecule has 0 aliphatic rings. The molecule has 6 nitrogen and oxygen atoms in total. The minimum absolute atomic E-state index is 0.114. The van der Waals surface area contributed by atoms with Crippen molar-refractivity contribution in [2.75, 3.05) is 5.32 Å². The first kappa shape index (κ1) is 17.2. The average Bonchev–Trinajstić information content (AvgIpc) is 3.08. The zero-order valence-corrected chi connectivity index (χ0v) is 14.8. The van der Waals surface area contributed by atoms with E-state index < -0.39 is 17.2 Å². The Morgan fingerprint density at radius 1 is 1.32 bits per heavy atom. The molecular weight excluding hydrogens is 362 g/mol. The molecule has 128 valence electrons. The Hall–Kier alpha value is -2.64. The van der Waals surface area contributed by atoms with E-state index in [1.54, 1.807) is 18.2 Å². The Balaban J connectivity index is 1.91. The molecule has 0 bridgehead atoms. The van der Waals surface area contributed by atoms with Gasteiger partial charge in [0.25, 0.3) is 11.5 Å². The number of hydrogen-bond acceptors (Lipinski definition) is 4. The standard InChI is InChI=1S/C17H14ClN3O3S/c1-10-4-5-11(7-14(10)18)20-15(22)13-8-19-17(24)21(16(13)23)9-12-3-2-6-25-12/h2-8H,9H2,1H3,(H,19,24)(H,20,22). The van der Waals surface area contributed by atoms with Crippen molar-refractivity contribution in [2.24, 2.45) is 0 Å². The fourth-order valence-electron chi connectivity index (χ4n) is 2.24. The van der Waals surface area contributed by atoms with Gasteiger partial charge in [0, 0.05) is 21.8 Å². The monoisotopic (exact) mass is 375 g/mol. The molecule has 0 atom stereocenters. The molecule has 0 radical (unpaired) electrons. The van der Waals surface area contributed by atoms with Crippen molar-refractivity contribution in [1.29, 1.82) is 0 Å². The average molecular weight is 376 g/mol. The van der Waals surface area contributed by atoms with Crippen molar-refractivity contribution in [3.05, 3.63) is 83.8 Å². The first-order valence-electron chi connectivity index (χ1n) is 7.38. The lowest BCUT2D eigenvalue weighted by Gasteiger charge is -2.08. The third kappa shape index (κ3) is 3.72. The van der Waals surface area contributed by atoms with Gasteiger partial charge in [-0.2, -0.15) is 0 Å². The molecule has 3 rings (SSSR count). The van der Waals surface area contributed by atoms with Gasteiger partial charge in [0.1, 0.15) is 5.56 Å². The van der Waals surface area contributed by atoms with Gasteiger partial charge in [0.2, 0.25) is 0 Å². The van der Waals surface area contributed by atoms with Crippen molar-refractivity contribution in [2.45, 2.75) is 13.5 Å². The van der Waals surface area contributed by atoms with Crippen LogP contribution in [0.5, 0.6) is 0 Å². The lowest BCUT2D eigenvalue weighted by atomic mass is 10.2. The van der Waals surface area contributed by atoms with Crippen molar-refractivity contribution < 1.29 is 4.79 Å². The minimum Gasteiger partial charge on any atom is -0.322 e. The van der Waals surface area contributed by atoms with Crippen molar-refractivity contribution in [1.82, 2.24) is 9.55 Å². The van der Waals surface area contributed by atoms with Crippen molar-refractivity contribution >= 4 is 34.5 Å². The van der Waals surface area contributed by atoms with Gasteiger partial charge < -0.3 is 10.3 Å². The number of hydrogen-bond donors (Lipinski definition) is 2. The van der Waals surface area contributed by atoms with Gasteiger partial charge in [-0.15, -0.1) is 11.3 Å². The van der Waals surface area contributed by atoms with Crippen LogP contribution in [-0.4, -0.2) is 15.5 Å². The summed E-state index contributed by atoms with van der Waals surface area (Å²) in [5, 5.41) is 4.98. The fraction of sp³-hybridized carbons (Fsp3) is 0.118. The van der Waals surface area contributed by atoms with Crippen LogP contribution in [0.4, 0.5) is 5.69 Å². The third-order valence-electron chi connectivity index (χ3n) is 3.63. The third-order valence-corrected chi connectivity index (χ3v) is 4.90. The number of benzene rings is 1. The number of thiophene rings is 1. The largest absolute Gasteiger partial charge is 0.328 e. The summed E-state index contributed by atoms with van der Waals surface area (Å²) in [6.07, 6.45) is 1.13. The molecule has 2 aromatic heterocycles. The van der Waals surface area contributed by atoms with Crippen LogP contribution in [0.15, 0.2) is 51.5 Å². The number of rotatable bonds is 4. The SMILES string of the molecule is Cc1ccc(NC(=O)c2c[nH]c(=O)n(Cc3cccs3)c2=O)cc1Cl. The maximum Gasteiger partial charge on any atom is 0.328 e. The summed E-state index contributed by atoms with van der Waals surface area (Å²) in [5.74, 6) is -0.610. The van der Waals surface area contributed by atoms with Gasteiger partial charge in [0.15, 0.2) is 0 Å². The van der Waals surface area contributed by atoms with E-state index in [1.807, 2.05) is 24.4 Å². The highest BCUT2D eigenvalue weighted by Crippen LogP contribution is 2.20. The number of H-pyrrole nitrogens is 1. The summed E-state index contributed by atoms with van der Waals surface area (Å²) in [4.78, 5) is 40.2. The van der Waals surface area contributed by atoms with E-state index >= 15 is 0 Å². The zero-order chi connectivity index (χ0) is 18.0. The Labute approximate surface area is 151 Å². The molecular formula is C17H14ClN3O3S. The molecule has 0 aliphatic heterocycles. The van der Waals surface area contributed by atoms with Crippen LogP contribution in [0.25, 0.3) is 0 Å². The Morgan fingerprint density at radius 2 is 2.12 bits per heavy atom. The summed E-state index contributed by atoms with van der Waals surface area (Å²) in [7, 11) is 0. The quantitative estimate of drug-likeness (QED) is 0.735. The molecule has 3 aromatic rings. The molecule has 0 saturated carbocycles. The number of nitrogens with zero attached hydrogens (tertiary/aromatic N) is 1. The smallest absolute Gasteiger partial charge is 0.322 e. The van der Waals surface area contributed by atoms with Crippen LogP contribution in [0.1, 0.15) is 20.8 Å². The van der Waals surface area contributed by atoms with Gasteiger partial charge in [-0.05, 0) is 36.1 Å². The lowest BCUT2D eigenvalue weighted by molar-refractivity contribution is 0.102. The highest BCUT2D eigenvalue weighted by molar-refractivity contribution is 7.09. The number of anilines is 1. The predicted octanol–water partition coefficient (Wildman–Crippen LogP) is 2.86. The highest BCUT2D eigenvalue weighted by atomic mass is 35.5. The van der Waals surface area contributed by atoms with Crippen LogP contribution in [0.2, 0.25) is 5.02 Å². The highest BCUT2D eigenvalue weighted by Gasteiger charge is 2.15. The molecule has 2 N–H and O–H groups in total. The molecule has 1 aromatic carbocycles. The van der Waals surface area contributed by atoms with E-state index in [2.05, 4.69) is 10.3 Å². The van der Waals surface area contributed by atoms with E-state index in [0.29, 0.717) is 10.7 Å². The minimum atomic E-state index is -0.646. The van der Waals surface area contributed by atoms with Crippen LogP contribution < -0.4 is 16.6 Å². The van der Waals surface area contributed by atoms with E-state index in [-0.39, 0.29) is 12.1 Å². The number of carbonyl (C=O) groups is 1. The number of amides is 1. The zero-order valence-electron chi connectivity index (χ0n) is 13.2. The van der Waals surface area contributed by atoms with Gasteiger partial charge in [-0.25, -0.2) is 4.79 Å². The van der Waals surface area contributed by atoms with E-state index in [4.69, 9.17) is 11.6 Å². The van der Waals surface area contributed by atoms with Gasteiger partial charge in [0.05, 0.1) is 6.54 Å². The summed E-state index contributed by atoms with van der Waals surface area (Å²) in [6.45, 7) is 1.96. The first-order chi connectivity index (χ1) is 12.0. The summed E-state index contributed by atoms with van der Waals surface area (Å²) in [5.41, 5.74) is -0.00735. The van der Waals surface area contributed by atoms with Crippen LogP contribution in [-0.2, 0) is 6.54 Å². The lowest BCUT2D eigenvalue weighted by Crippen LogP contribution is -2.39. The number of carbonyl (C=O) groups excluding carboxylic acids is 1. The van der Waals surface area contributed by atoms with Crippen molar-refractivity contribution in [3.8, 4) is 0 Å². The number of halogens is 1. The Morgan fingerprint density at radius 3 is 2.80 bits per heavy atom. The molecule has 0 saturated heterocycles. The molecule has 0 aliphatic carbocycles. The van der Waals surface area contributed by atoms with E-state index in [1.165, 1.54) is 11.3 Å². The first-order valence-corrected chi connectivity index (χ1v) is 8.64. The summed E-state index contributed by atoms with van der Waals surface area (Å²) >= 11 is 7.46. The molecule has 1 amide bonds. The van der Waals surface area contributed by atoms with Crippen LogP contribution in [0.3, 0.4) is 0 Å². The van der Waals surface area contributed by atoms with Crippen molar-refractivity contribution in [3.63, 3.8) is 0 Å². The second-order valence-corrected chi connectivity index (χ2v) is 6.84. The molecule has 25 heavy (non-hydrogen) atoms. The van der Waals surface area contributed by atoms with Gasteiger partial charge in [-0.1, -0.05) is 23.7 Å². The second kappa shape index (κ2) is 7.08. The molecule has 0 spiro atoms. The normalized spacial score (nSPS) is 10.6. The maximum absolute atomic E-state index is 12.5. The number of aromatic amines is 1. The predicted molar refractivity (Wildman–Crippen MR) is 98.9 cm³/mol. The van der Waals surface area contributed by atoms with Gasteiger partial charge >= 0.3 is 5.69 Å². The van der Waals surface area contributed by atoms with Gasteiger partial charge in [-0.3, -0.25) is 14.2 Å². The van der Waals surface area contributed by atoms with E-state index in [0.717, 1.165) is 21.2 Å². The number of aromatic nitrogens is 2. The van der Waals surface area contributed by atoms with Crippen LogP contribution in [0, 0.1) is 6.92 Å². The number of aryl methyl sites for hydroxylation is 1. The molecule has 0 fully saturated rings. The Kier molecular flexibility index (Phi) is 4.87. The fourth-order valence-corrected chi connectivity index (χ4v) is 3.12. The van der Waals surface area contributed by atoms with E-state index in [9.17, 15) is 14.4 Å².